The molecule has 0 fully saturated rings. The lowest BCUT2D eigenvalue weighted by molar-refractivity contribution is -0.152. The maximum atomic E-state index is 12.8. The molecule has 1 atom stereocenters. The molecular formula is C23H26N2O6. The zero-order chi connectivity index (χ0) is 22.4. The van der Waals surface area contributed by atoms with Gasteiger partial charge in [-0.3, -0.25) is 14.4 Å². The second-order valence-electron chi connectivity index (χ2n) is 7.11. The van der Waals surface area contributed by atoms with Crippen molar-refractivity contribution in [1.82, 2.24) is 5.32 Å². The molecule has 1 N–H and O–H groups in total. The Morgan fingerprint density at radius 1 is 1.06 bits per heavy atom. The Labute approximate surface area is 181 Å². The number of methoxy groups -OCH3 is 2. The third-order valence-corrected chi connectivity index (χ3v) is 5.07. The number of fused-ring (bicyclic) bond motifs is 1. The fourth-order valence-corrected chi connectivity index (χ4v) is 3.50. The Hall–Kier alpha value is -3.55. The van der Waals surface area contributed by atoms with Crippen LogP contribution in [0.4, 0.5) is 5.69 Å². The van der Waals surface area contributed by atoms with Crippen LogP contribution in [0.1, 0.15) is 29.3 Å². The van der Waals surface area contributed by atoms with E-state index in [1.165, 1.54) is 27.2 Å². The number of para-hydroxylation sites is 1. The number of benzene rings is 2. The van der Waals surface area contributed by atoms with Crippen molar-refractivity contribution < 1.29 is 28.6 Å². The maximum Gasteiger partial charge on any atom is 0.326 e. The first-order valence-electron chi connectivity index (χ1n) is 10.0. The molecule has 0 saturated heterocycles. The molecule has 0 bridgehead atoms. The Morgan fingerprint density at radius 3 is 2.55 bits per heavy atom. The SMILES string of the molecule is COc1ccc(C(=O)NCC(=O)OC(C)C(=O)N2CCCc3ccccc32)cc1OC. The number of hydrogen-bond donors (Lipinski definition) is 1. The van der Waals surface area contributed by atoms with Crippen LogP contribution < -0.4 is 19.7 Å². The van der Waals surface area contributed by atoms with E-state index in [1.54, 1.807) is 17.0 Å². The second-order valence-corrected chi connectivity index (χ2v) is 7.11. The van der Waals surface area contributed by atoms with Crippen molar-refractivity contribution >= 4 is 23.5 Å². The van der Waals surface area contributed by atoms with E-state index in [0.29, 0.717) is 23.6 Å². The smallest absolute Gasteiger partial charge is 0.326 e. The van der Waals surface area contributed by atoms with Gasteiger partial charge in [0.2, 0.25) is 0 Å². The molecule has 2 aromatic rings. The molecular weight excluding hydrogens is 400 g/mol. The van der Waals surface area contributed by atoms with E-state index in [9.17, 15) is 14.4 Å². The number of nitrogens with zero attached hydrogens (tertiary/aromatic N) is 1. The molecule has 8 nitrogen and oxygen atoms in total. The minimum atomic E-state index is -0.961. The van der Waals surface area contributed by atoms with E-state index < -0.39 is 18.0 Å². The number of nitrogens with one attached hydrogen (secondary N) is 1. The third-order valence-electron chi connectivity index (χ3n) is 5.07. The Bertz CT molecular complexity index is 974. The fraction of sp³-hybridized carbons (Fsp3) is 0.348. The van der Waals surface area contributed by atoms with Crippen LogP contribution in [0.3, 0.4) is 0 Å². The highest BCUT2D eigenvalue weighted by Crippen LogP contribution is 2.28. The molecule has 0 spiro atoms. The van der Waals surface area contributed by atoms with Crippen LogP contribution in [-0.2, 0) is 20.7 Å². The summed E-state index contributed by atoms with van der Waals surface area (Å²) in [5.74, 6) is -0.558. The monoisotopic (exact) mass is 426 g/mol. The standard InChI is InChI=1S/C23H26N2O6/c1-15(23(28)25-12-6-8-16-7-4-5-9-18(16)25)31-21(26)14-24-22(27)17-10-11-19(29-2)20(13-17)30-3/h4-5,7,9-11,13,15H,6,8,12,14H2,1-3H3,(H,24,27). The van der Waals surface area contributed by atoms with Crippen molar-refractivity contribution in [2.45, 2.75) is 25.9 Å². The van der Waals surface area contributed by atoms with Gasteiger partial charge in [-0.1, -0.05) is 18.2 Å². The maximum absolute atomic E-state index is 12.8. The third kappa shape index (κ3) is 5.14. The van der Waals surface area contributed by atoms with Gasteiger partial charge in [-0.2, -0.15) is 0 Å². The molecule has 1 unspecified atom stereocenters. The molecule has 0 radical (unpaired) electrons. The number of esters is 1. The molecule has 0 aliphatic carbocycles. The Balaban J connectivity index is 1.55. The van der Waals surface area contributed by atoms with Crippen LogP contribution in [0, 0.1) is 0 Å². The van der Waals surface area contributed by atoms with Crippen LogP contribution >= 0.6 is 0 Å². The summed E-state index contributed by atoms with van der Waals surface area (Å²) < 4.78 is 15.6. The number of carbonyl (C=O) groups is 3. The molecule has 1 heterocycles. The Morgan fingerprint density at radius 2 is 1.81 bits per heavy atom. The van der Waals surface area contributed by atoms with Crippen LogP contribution in [0.2, 0.25) is 0 Å². The average molecular weight is 426 g/mol. The highest BCUT2D eigenvalue weighted by atomic mass is 16.5. The van der Waals surface area contributed by atoms with Crippen molar-refractivity contribution in [2.75, 3.05) is 32.2 Å². The number of ether oxygens (including phenoxy) is 3. The molecule has 0 saturated carbocycles. The lowest BCUT2D eigenvalue weighted by Gasteiger charge is -2.31. The van der Waals surface area contributed by atoms with Gasteiger partial charge in [0, 0.05) is 17.8 Å². The van der Waals surface area contributed by atoms with Crippen molar-refractivity contribution in [3.05, 3.63) is 53.6 Å². The highest BCUT2D eigenvalue weighted by molar-refractivity contribution is 5.99. The summed E-state index contributed by atoms with van der Waals surface area (Å²) >= 11 is 0. The van der Waals surface area contributed by atoms with Crippen LogP contribution in [-0.4, -0.2) is 51.2 Å². The van der Waals surface area contributed by atoms with Crippen molar-refractivity contribution in [2.24, 2.45) is 0 Å². The lowest BCUT2D eigenvalue weighted by Crippen LogP contribution is -2.43. The van der Waals surface area contributed by atoms with Gasteiger partial charge in [0.15, 0.2) is 17.6 Å². The zero-order valence-electron chi connectivity index (χ0n) is 17.8. The fourth-order valence-electron chi connectivity index (χ4n) is 3.50. The summed E-state index contributed by atoms with van der Waals surface area (Å²) in [6, 6.07) is 12.4. The zero-order valence-corrected chi connectivity index (χ0v) is 17.8. The second kappa shape index (κ2) is 9.97. The van der Waals surface area contributed by atoms with Crippen molar-refractivity contribution in [3.63, 3.8) is 0 Å². The predicted octanol–water partition coefficient (Wildman–Crippen LogP) is 2.34. The quantitative estimate of drug-likeness (QED) is 0.683. The topological polar surface area (TPSA) is 94.2 Å². The number of aryl methyl sites for hydroxylation is 1. The van der Waals surface area contributed by atoms with Crippen molar-refractivity contribution in [1.29, 1.82) is 0 Å². The van der Waals surface area contributed by atoms with Gasteiger partial charge in [0.25, 0.3) is 11.8 Å². The molecule has 1 aliphatic heterocycles. The minimum absolute atomic E-state index is 0.285. The van der Waals surface area contributed by atoms with E-state index in [4.69, 9.17) is 14.2 Å². The van der Waals surface area contributed by atoms with Crippen LogP contribution in [0.25, 0.3) is 0 Å². The molecule has 31 heavy (non-hydrogen) atoms. The highest BCUT2D eigenvalue weighted by Gasteiger charge is 2.28. The largest absolute Gasteiger partial charge is 0.493 e. The summed E-state index contributed by atoms with van der Waals surface area (Å²) in [5, 5.41) is 2.49. The average Bonchev–Trinajstić information content (AvgIpc) is 2.81. The van der Waals surface area contributed by atoms with Gasteiger partial charge < -0.3 is 24.4 Å². The number of anilines is 1. The predicted molar refractivity (Wildman–Crippen MR) is 115 cm³/mol. The summed E-state index contributed by atoms with van der Waals surface area (Å²) in [6.45, 7) is 1.75. The number of carbonyl (C=O) groups excluding carboxylic acids is 3. The van der Waals surface area contributed by atoms with Gasteiger partial charge in [-0.05, 0) is 49.6 Å². The van der Waals surface area contributed by atoms with Gasteiger partial charge >= 0.3 is 5.97 Å². The summed E-state index contributed by atoms with van der Waals surface area (Å²) in [5.41, 5.74) is 2.26. The normalized spacial score (nSPS) is 13.6. The van der Waals surface area contributed by atoms with E-state index in [-0.39, 0.29) is 12.5 Å². The number of hydrogen-bond acceptors (Lipinski definition) is 6. The van der Waals surface area contributed by atoms with E-state index in [2.05, 4.69) is 5.32 Å². The molecule has 2 aromatic carbocycles. The first-order chi connectivity index (χ1) is 14.9. The lowest BCUT2D eigenvalue weighted by atomic mass is 10.0. The van der Waals surface area contributed by atoms with Gasteiger partial charge in [-0.25, -0.2) is 0 Å². The van der Waals surface area contributed by atoms with Gasteiger partial charge in [0.1, 0.15) is 6.54 Å². The first-order valence-corrected chi connectivity index (χ1v) is 10.0. The van der Waals surface area contributed by atoms with Gasteiger partial charge in [0.05, 0.1) is 14.2 Å². The summed E-state index contributed by atoms with van der Waals surface area (Å²) in [7, 11) is 2.97. The van der Waals surface area contributed by atoms with Crippen LogP contribution in [0.5, 0.6) is 11.5 Å². The molecule has 1 aliphatic rings. The Kier molecular flexibility index (Phi) is 7.12. The molecule has 164 valence electrons. The molecule has 3 rings (SSSR count). The first kappa shape index (κ1) is 22.1. The summed E-state index contributed by atoms with van der Waals surface area (Å²) in [6.07, 6.45) is 0.804. The minimum Gasteiger partial charge on any atom is -0.493 e. The number of amides is 2. The van der Waals surface area contributed by atoms with Crippen molar-refractivity contribution in [3.8, 4) is 11.5 Å². The van der Waals surface area contributed by atoms with E-state index in [1.807, 2.05) is 24.3 Å². The van der Waals surface area contributed by atoms with E-state index >= 15 is 0 Å². The molecule has 2 amide bonds. The molecule has 0 aromatic heterocycles. The summed E-state index contributed by atoms with van der Waals surface area (Å²) in [4.78, 5) is 39.0. The van der Waals surface area contributed by atoms with E-state index in [0.717, 1.165) is 24.1 Å². The molecule has 8 heteroatoms. The van der Waals surface area contributed by atoms with Crippen LogP contribution in [0.15, 0.2) is 42.5 Å². The number of rotatable bonds is 7. The van der Waals surface area contributed by atoms with Gasteiger partial charge in [-0.15, -0.1) is 0 Å².